The van der Waals surface area contributed by atoms with Gasteiger partial charge in [-0.2, -0.15) is 0 Å². The van der Waals surface area contributed by atoms with E-state index in [9.17, 15) is 9.59 Å². The predicted octanol–water partition coefficient (Wildman–Crippen LogP) is 3.19. The summed E-state index contributed by atoms with van der Waals surface area (Å²) in [5.41, 5.74) is 1.70. The lowest BCUT2D eigenvalue weighted by Gasteiger charge is -2.22. The molecule has 0 saturated carbocycles. The van der Waals surface area contributed by atoms with Crippen molar-refractivity contribution < 1.29 is 9.59 Å². The van der Waals surface area contributed by atoms with E-state index in [1.165, 1.54) is 0 Å². The first kappa shape index (κ1) is 13.6. The zero-order valence-corrected chi connectivity index (χ0v) is 12.2. The lowest BCUT2D eigenvalue weighted by Crippen LogP contribution is -2.37. The van der Waals surface area contributed by atoms with Crippen LogP contribution in [0, 0.1) is 0 Å². The third-order valence-electron chi connectivity index (χ3n) is 4.25. The molecule has 2 aromatic rings. The van der Waals surface area contributed by atoms with E-state index in [4.69, 9.17) is 0 Å². The summed E-state index contributed by atoms with van der Waals surface area (Å²) in [5.74, 6) is -0.0236. The minimum absolute atomic E-state index is 0.00319. The first-order valence-electron chi connectivity index (χ1n) is 7.00. The molecule has 1 heterocycles. The molecule has 3 heteroatoms. The predicted molar refractivity (Wildman–Crippen MR) is 82.6 cm³/mol. The summed E-state index contributed by atoms with van der Waals surface area (Å²) in [5, 5.41) is 0. The molecule has 1 unspecified atom stereocenters. The number of rotatable bonds is 3. The molecular weight excluding hydrogens is 262 g/mol. The number of para-hydroxylation sites is 1. The number of nitrogens with zero attached hydrogens (tertiary/aromatic N) is 1. The Balaban J connectivity index is 1.98. The van der Waals surface area contributed by atoms with Crippen molar-refractivity contribution in [1.29, 1.82) is 0 Å². The molecule has 21 heavy (non-hydrogen) atoms. The number of fused-ring (bicyclic) bond motifs is 1. The van der Waals surface area contributed by atoms with Crippen molar-refractivity contribution in [3.63, 3.8) is 0 Å². The van der Waals surface area contributed by atoms with Gasteiger partial charge in [0, 0.05) is 24.7 Å². The molecule has 0 fully saturated rings. The van der Waals surface area contributed by atoms with Crippen molar-refractivity contribution in [3.8, 4) is 0 Å². The zero-order chi connectivity index (χ0) is 15.0. The Morgan fingerprint density at radius 1 is 1.05 bits per heavy atom. The lowest BCUT2D eigenvalue weighted by molar-refractivity contribution is -0.122. The van der Waals surface area contributed by atoms with E-state index in [2.05, 4.69) is 0 Å². The van der Waals surface area contributed by atoms with Crippen LogP contribution in [0.15, 0.2) is 54.6 Å². The monoisotopic (exact) mass is 279 g/mol. The van der Waals surface area contributed by atoms with E-state index >= 15 is 0 Å². The molecular formula is C18H17NO2. The van der Waals surface area contributed by atoms with Crippen molar-refractivity contribution in [3.05, 3.63) is 65.7 Å². The van der Waals surface area contributed by atoms with Gasteiger partial charge >= 0.3 is 0 Å². The third-order valence-corrected chi connectivity index (χ3v) is 4.25. The molecule has 1 aliphatic rings. The minimum Gasteiger partial charge on any atom is -0.314 e. The molecule has 1 amide bonds. The van der Waals surface area contributed by atoms with Gasteiger partial charge in [-0.1, -0.05) is 48.5 Å². The van der Waals surface area contributed by atoms with E-state index in [1.54, 1.807) is 24.1 Å². The number of hydrogen-bond acceptors (Lipinski definition) is 2. The minimum atomic E-state index is -0.779. The maximum Gasteiger partial charge on any atom is 0.237 e. The van der Waals surface area contributed by atoms with Crippen molar-refractivity contribution >= 4 is 17.4 Å². The lowest BCUT2D eigenvalue weighted by atomic mass is 9.78. The Bertz CT molecular complexity index is 708. The summed E-state index contributed by atoms with van der Waals surface area (Å²) >= 11 is 0. The number of carbonyl (C=O) groups excluding carboxylic acids is 2. The van der Waals surface area contributed by atoms with Crippen LogP contribution < -0.4 is 4.90 Å². The highest BCUT2D eigenvalue weighted by Crippen LogP contribution is 2.43. The van der Waals surface area contributed by atoms with Gasteiger partial charge in [0.2, 0.25) is 5.91 Å². The highest BCUT2D eigenvalue weighted by Gasteiger charge is 2.46. The fourth-order valence-corrected chi connectivity index (χ4v) is 3.05. The Morgan fingerprint density at radius 2 is 1.67 bits per heavy atom. The standard InChI is InChI=1S/C18H17NO2/c1-18(12-16(20)13-8-4-3-5-9-13)14-10-6-7-11-15(14)19(2)17(18)21/h3-11H,12H2,1-2H3. The summed E-state index contributed by atoms with van der Waals surface area (Å²) in [7, 11) is 1.76. The largest absolute Gasteiger partial charge is 0.314 e. The number of benzene rings is 2. The Kier molecular flexibility index (Phi) is 3.13. The van der Waals surface area contributed by atoms with Crippen molar-refractivity contribution in [2.75, 3.05) is 11.9 Å². The van der Waals surface area contributed by atoms with Gasteiger partial charge in [0.15, 0.2) is 5.78 Å². The van der Waals surface area contributed by atoms with Crippen LogP contribution in [0.2, 0.25) is 0 Å². The summed E-state index contributed by atoms with van der Waals surface area (Å²) in [4.78, 5) is 26.8. The van der Waals surface area contributed by atoms with E-state index in [0.717, 1.165) is 11.3 Å². The number of ketones is 1. The van der Waals surface area contributed by atoms with Gasteiger partial charge in [-0.05, 0) is 18.6 Å². The van der Waals surface area contributed by atoms with E-state index in [1.807, 2.05) is 49.4 Å². The molecule has 3 rings (SSSR count). The van der Waals surface area contributed by atoms with Crippen LogP contribution in [0.1, 0.15) is 29.3 Å². The highest BCUT2D eigenvalue weighted by atomic mass is 16.2. The number of anilines is 1. The molecule has 0 spiro atoms. The topological polar surface area (TPSA) is 37.4 Å². The number of likely N-dealkylation sites (N-methyl/N-ethyl adjacent to an activating group) is 1. The molecule has 0 radical (unpaired) electrons. The van der Waals surface area contributed by atoms with Crippen LogP contribution in [0.3, 0.4) is 0 Å². The average molecular weight is 279 g/mol. The van der Waals surface area contributed by atoms with Gasteiger partial charge in [-0.25, -0.2) is 0 Å². The second-order valence-electron chi connectivity index (χ2n) is 5.68. The van der Waals surface area contributed by atoms with Crippen molar-refractivity contribution in [2.24, 2.45) is 0 Å². The van der Waals surface area contributed by atoms with Gasteiger partial charge in [-0.3, -0.25) is 9.59 Å². The zero-order valence-electron chi connectivity index (χ0n) is 12.2. The van der Waals surface area contributed by atoms with Gasteiger partial charge in [0.05, 0.1) is 5.41 Å². The number of Topliss-reactive ketones (excluding diaryl/α,β-unsaturated/α-hetero) is 1. The molecule has 1 aliphatic heterocycles. The first-order valence-corrected chi connectivity index (χ1v) is 7.00. The number of hydrogen-bond donors (Lipinski definition) is 0. The summed E-state index contributed by atoms with van der Waals surface area (Å²) in [6, 6.07) is 16.8. The summed E-state index contributed by atoms with van der Waals surface area (Å²) < 4.78 is 0. The number of carbonyl (C=O) groups is 2. The van der Waals surface area contributed by atoms with Gasteiger partial charge in [0.1, 0.15) is 0 Å². The van der Waals surface area contributed by atoms with Crippen LogP contribution in [-0.2, 0) is 10.2 Å². The molecule has 0 saturated heterocycles. The maximum absolute atomic E-state index is 12.6. The third kappa shape index (κ3) is 2.05. The van der Waals surface area contributed by atoms with Crippen LogP contribution in [0.25, 0.3) is 0 Å². The van der Waals surface area contributed by atoms with Gasteiger partial charge < -0.3 is 4.90 Å². The maximum atomic E-state index is 12.6. The first-order chi connectivity index (χ1) is 10.0. The molecule has 0 bridgehead atoms. The Labute approximate surface area is 124 Å². The molecule has 106 valence electrons. The second kappa shape index (κ2) is 4.85. The fraction of sp³-hybridized carbons (Fsp3) is 0.222. The molecule has 1 atom stereocenters. The van der Waals surface area contributed by atoms with Crippen molar-refractivity contribution in [1.82, 2.24) is 0 Å². The average Bonchev–Trinajstić information content (AvgIpc) is 2.71. The fourth-order valence-electron chi connectivity index (χ4n) is 3.05. The SMILES string of the molecule is CN1C(=O)C(C)(CC(=O)c2ccccc2)c2ccccc21. The van der Waals surface area contributed by atoms with Gasteiger partial charge in [0.25, 0.3) is 0 Å². The molecule has 0 aliphatic carbocycles. The van der Waals surface area contributed by atoms with Crippen LogP contribution >= 0.6 is 0 Å². The molecule has 2 aromatic carbocycles. The molecule has 3 nitrogen and oxygen atoms in total. The molecule has 0 N–H and O–H groups in total. The van der Waals surface area contributed by atoms with Gasteiger partial charge in [-0.15, -0.1) is 0 Å². The van der Waals surface area contributed by atoms with Crippen molar-refractivity contribution in [2.45, 2.75) is 18.8 Å². The van der Waals surface area contributed by atoms with E-state index in [0.29, 0.717) is 5.56 Å². The second-order valence-corrected chi connectivity index (χ2v) is 5.68. The van der Waals surface area contributed by atoms with E-state index in [-0.39, 0.29) is 18.1 Å². The summed E-state index contributed by atoms with van der Waals surface area (Å²) in [6.07, 6.45) is 0.192. The normalized spacial score (nSPS) is 20.5. The van der Waals surface area contributed by atoms with Crippen LogP contribution in [0.4, 0.5) is 5.69 Å². The highest BCUT2D eigenvalue weighted by molar-refractivity contribution is 6.11. The smallest absolute Gasteiger partial charge is 0.237 e. The summed E-state index contributed by atoms with van der Waals surface area (Å²) in [6.45, 7) is 1.86. The Morgan fingerprint density at radius 3 is 2.38 bits per heavy atom. The van der Waals surface area contributed by atoms with Crippen LogP contribution in [-0.4, -0.2) is 18.7 Å². The number of amides is 1. The quantitative estimate of drug-likeness (QED) is 0.809. The van der Waals surface area contributed by atoms with Crippen LogP contribution in [0.5, 0.6) is 0 Å². The van der Waals surface area contributed by atoms with E-state index < -0.39 is 5.41 Å². The molecule has 0 aromatic heterocycles. The Hall–Kier alpha value is -2.42.